The second-order valence-electron chi connectivity index (χ2n) is 4.71. The van der Waals surface area contributed by atoms with Crippen LogP contribution in [0.3, 0.4) is 0 Å². The highest BCUT2D eigenvalue weighted by atomic mass is 16.5. The van der Waals surface area contributed by atoms with E-state index in [1.165, 1.54) is 0 Å². The molecule has 0 amide bonds. The van der Waals surface area contributed by atoms with Crippen LogP contribution in [0, 0.1) is 5.92 Å². The Labute approximate surface area is 108 Å². The molecule has 0 bridgehead atoms. The summed E-state index contributed by atoms with van der Waals surface area (Å²) in [5.74, 6) is 1.78. The molecule has 1 saturated heterocycles. The zero-order chi connectivity index (χ0) is 13.1. The Kier molecular flexibility index (Phi) is 3.91. The molecule has 1 aliphatic rings. The van der Waals surface area contributed by atoms with Gasteiger partial charge in [0.1, 0.15) is 5.82 Å². The van der Waals surface area contributed by atoms with E-state index in [1.54, 1.807) is 0 Å². The summed E-state index contributed by atoms with van der Waals surface area (Å²) >= 11 is 0. The molecule has 18 heavy (non-hydrogen) atoms. The fourth-order valence-electron chi connectivity index (χ4n) is 2.42. The molecule has 2 atom stereocenters. The first-order chi connectivity index (χ1) is 8.67. The van der Waals surface area contributed by atoms with Crippen molar-refractivity contribution in [3.63, 3.8) is 0 Å². The zero-order valence-electron chi connectivity index (χ0n) is 11.0. The average molecular weight is 251 g/mol. The summed E-state index contributed by atoms with van der Waals surface area (Å²) < 4.78 is 5.41. The third-order valence-electron chi connectivity index (χ3n) is 3.52. The number of nitrogen functional groups attached to an aromatic ring is 1. The lowest BCUT2D eigenvalue weighted by atomic mass is 10.0. The number of rotatable bonds is 4. The molecule has 1 aliphatic heterocycles. The van der Waals surface area contributed by atoms with Gasteiger partial charge in [0.2, 0.25) is 5.88 Å². The highest BCUT2D eigenvalue weighted by Gasteiger charge is 2.31. The molecule has 5 heteroatoms. The number of hydrogen-bond donors (Lipinski definition) is 2. The zero-order valence-corrected chi connectivity index (χ0v) is 11.0. The highest BCUT2D eigenvalue weighted by Crippen LogP contribution is 2.31. The molecule has 0 spiro atoms. The number of nitrogens with zero attached hydrogens (tertiary/aromatic N) is 2. The Morgan fingerprint density at radius 3 is 3.00 bits per heavy atom. The predicted molar refractivity (Wildman–Crippen MR) is 71.8 cm³/mol. The number of aliphatic hydroxyl groups excluding tert-OH is 1. The van der Waals surface area contributed by atoms with Gasteiger partial charge in [-0.3, -0.25) is 0 Å². The van der Waals surface area contributed by atoms with E-state index in [1.807, 2.05) is 19.1 Å². The number of pyridine rings is 1. The lowest BCUT2D eigenvalue weighted by Gasteiger charge is -2.26. The quantitative estimate of drug-likeness (QED) is 0.843. The van der Waals surface area contributed by atoms with Crippen LogP contribution in [0.4, 0.5) is 11.5 Å². The number of ether oxygens (including phenoxy) is 1. The average Bonchev–Trinajstić information content (AvgIpc) is 2.73. The standard InChI is InChI=1S/C13H21N3O2/c1-3-18-13-10(14)4-5-12(15-13)16-7-6-9(2)11(16)8-17/h4-5,9,11,17H,3,6-8,14H2,1-2H3. The third kappa shape index (κ3) is 2.36. The Hall–Kier alpha value is -1.49. The molecule has 100 valence electrons. The fourth-order valence-corrected chi connectivity index (χ4v) is 2.42. The Bertz CT molecular complexity index is 411. The van der Waals surface area contributed by atoms with Gasteiger partial charge in [-0.1, -0.05) is 6.92 Å². The number of nitrogens with two attached hydrogens (primary N) is 1. The van der Waals surface area contributed by atoms with Crippen LogP contribution in [-0.4, -0.2) is 35.9 Å². The van der Waals surface area contributed by atoms with E-state index < -0.39 is 0 Å². The highest BCUT2D eigenvalue weighted by molar-refractivity contribution is 5.55. The molecule has 0 aliphatic carbocycles. The largest absolute Gasteiger partial charge is 0.476 e. The van der Waals surface area contributed by atoms with Crippen LogP contribution in [-0.2, 0) is 0 Å². The van der Waals surface area contributed by atoms with Gasteiger partial charge in [-0.2, -0.15) is 4.98 Å². The van der Waals surface area contributed by atoms with E-state index in [-0.39, 0.29) is 12.6 Å². The van der Waals surface area contributed by atoms with Gasteiger partial charge in [0.05, 0.1) is 24.9 Å². The second kappa shape index (κ2) is 5.44. The topological polar surface area (TPSA) is 71.6 Å². The molecule has 1 fully saturated rings. The smallest absolute Gasteiger partial charge is 0.239 e. The summed E-state index contributed by atoms with van der Waals surface area (Å²) in [6.45, 7) is 5.66. The Balaban J connectivity index is 2.25. The molecule has 0 aromatic carbocycles. The Morgan fingerprint density at radius 2 is 2.33 bits per heavy atom. The van der Waals surface area contributed by atoms with Crippen molar-refractivity contribution in [2.24, 2.45) is 5.92 Å². The lowest BCUT2D eigenvalue weighted by Crippen LogP contribution is -2.35. The summed E-state index contributed by atoms with van der Waals surface area (Å²) in [5, 5.41) is 9.47. The minimum absolute atomic E-state index is 0.135. The minimum atomic E-state index is 0.135. The first kappa shape index (κ1) is 13.0. The van der Waals surface area contributed by atoms with Crippen LogP contribution >= 0.6 is 0 Å². The SMILES string of the molecule is CCOc1nc(N2CCC(C)C2CO)ccc1N. The molecule has 2 unspecified atom stereocenters. The monoisotopic (exact) mass is 251 g/mol. The predicted octanol–water partition coefficient (Wildman–Crippen LogP) is 1.27. The molecule has 1 aromatic rings. The second-order valence-corrected chi connectivity index (χ2v) is 4.71. The summed E-state index contributed by atoms with van der Waals surface area (Å²) in [4.78, 5) is 6.58. The van der Waals surface area contributed by atoms with E-state index in [0.29, 0.717) is 24.1 Å². The van der Waals surface area contributed by atoms with Crippen molar-refractivity contribution in [1.29, 1.82) is 0 Å². The van der Waals surface area contributed by atoms with Gasteiger partial charge in [0.25, 0.3) is 0 Å². The van der Waals surface area contributed by atoms with E-state index in [4.69, 9.17) is 10.5 Å². The molecule has 1 aromatic heterocycles. The number of aliphatic hydroxyl groups is 1. The minimum Gasteiger partial charge on any atom is -0.476 e. The third-order valence-corrected chi connectivity index (χ3v) is 3.52. The first-order valence-electron chi connectivity index (χ1n) is 6.44. The lowest BCUT2D eigenvalue weighted by molar-refractivity contribution is 0.244. The van der Waals surface area contributed by atoms with Crippen LogP contribution in [0.25, 0.3) is 0 Å². The normalized spacial score (nSPS) is 23.4. The van der Waals surface area contributed by atoms with Crippen LogP contribution in [0.5, 0.6) is 5.88 Å². The fraction of sp³-hybridized carbons (Fsp3) is 0.615. The van der Waals surface area contributed by atoms with Crippen molar-refractivity contribution >= 4 is 11.5 Å². The van der Waals surface area contributed by atoms with Gasteiger partial charge >= 0.3 is 0 Å². The van der Waals surface area contributed by atoms with Gasteiger partial charge in [-0.05, 0) is 31.4 Å². The van der Waals surface area contributed by atoms with Crippen molar-refractivity contribution in [3.05, 3.63) is 12.1 Å². The van der Waals surface area contributed by atoms with Crippen molar-refractivity contribution in [2.45, 2.75) is 26.3 Å². The van der Waals surface area contributed by atoms with Crippen LogP contribution in [0.2, 0.25) is 0 Å². The van der Waals surface area contributed by atoms with Gasteiger partial charge < -0.3 is 20.5 Å². The van der Waals surface area contributed by atoms with Gasteiger partial charge in [0, 0.05) is 6.54 Å². The first-order valence-corrected chi connectivity index (χ1v) is 6.44. The van der Waals surface area contributed by atoms with Crippen molar-refractivity contribution in [1.82, 2.24) is 4.98 Å². The van der Waals surface area contributed by atoms with Gasteiger partial charge in [0.15, 0.2) is 0 Å². The molecule has 0 saturated carbocycles. The maximum absolute atomic E-state index is 9.47. The molecular weight excluding hydrogens is 230 g/mol. The molecule has 3 N–H and O–H groups in total. The molecule has 2 heterocycles. The van der Waals surface area contributed by atoms with Crippen molar-refractivity contribution in [3.8, 4) is 5.88 Å². The van der Waals surface area contributed by atoms with Crippen LogP contribution in [0.1, 0.15) is 20.3 Å². The van der Waals surface area contributed by atoms with E-state index in [9.17, 15) is 5.11 Å². The summed E-state index contributed by atoms with van der Waals surface area (Å²) in [5.41, 5.74) is 6.36. The van der Waals surface area contributed by atoms with Gasteiger partial charge in [-0.15, -0.1) is 0 Å². The molecular formula is C13H21N3O2. The summed E-state index contributed by atoms with van der Waals surface area (Å²) in [6.07, 6.45) is 1.07. The van der Waals surface area contributed by atoms with Gasteiger partial charge in [-0.25, -0.2) is 0 Å². The number of hydrogen-bond acceptors (Lipinski definition) is 5. The molecule has 0 radical (unpaired) electrons. The maximum Gasteiger partial charge on any atom is 0.239 e. The number of anilines is 2. The summed E-state index contributed by atoms with van der Waals surface area (Å²) in [6, 6.07) is 3.83. The van der Waals surface area contributed by atoms with E-state index >= 15 is 0 Å². The van der Waals surface area contributed by atoms with Crippen molar-refractivity contribution in [2.75, 3.05) is 30.4 Å². The van der Waals surface area contributed by atoms with Crippen LogP contribution < -0.4 is 15.4 Å². The summed E-state index contributed by atoms with van der Waals surface area (Å²) in [7, 11) is 0. The number of aromatic nitrogens is 1. The molecule has 5 nitrogen and oxygen atoms in total. The van der Waals surface area contributed by atoms with E-state index in [2.05, 4.69) is 16.8 Å². The maximum atomic E-state index is 9.47. The van der Waals surface area contributed by atoms with Crippen LogP contribution in [0.15, 0.2) is 12.1 Å². The molecule has 2 rings (SSSR count). The Morgan fingerprint density at radius 1 is 1.56 bits per heavy atom. The van der Waals surface area contributed by atoms with E-state index in [0.717, 1.165) is 18.8 Å². The van der Waals surface area contributed by atoms with Crippen molar-refractivity contribution < 1.29 is 9.84 Å².